The van der Waals surface area contributed by atoms with Crippen LogP contribution in [0, 0.1) is 17.8 Å². The third-order valence-corrected chi connectivity index (χ3v) is 4.90. The van der Waals surface area contributed by atoms with Gasteiger partial charge in [0, 0.05) is 16.7 Å². The molecule has 6 heteroatoms. The van der Waals surface area contributed by atoms with Gasteiger partial charge >= 0.3 is 5.97 Å². The summed E-state index contributed by atoms with van der Waals surface area (Å²) in [5, 5.41) is 10.8. The molecule has 146 valence electrons. The van der Waals surface area contributed by atoms with E-state index in [1.807, 2.05) is 30.3 Å². The topological polar surface area (TPSA) is 101 Å². The molecular formula is C23H19NO5. The number of carboxylic acids is 1. The second kappa shape index (κ2) is 7.72. The van der Waals surface area contributed by atoms with Crippen molar-refractivity contribution in [1.29, 1.82) is 0 Å². The predicted octanol–water partition coefficient (Wildman–Crippen LogP) is 1.95. The lowest BCUT2D eigenvalue weighted by molar-refractivity contribution is -0.140. The van der Waals surface area contributed by atoms with Crippen LogP contribution in [0.15, 0.2) is 48.5 Å². The van der Waals surface area contributed by atoms with Gasteiger partial charge in [-0.15, -0.1) is 0 Å². The van der Waals surface area contributed by atoms with E-state index in [0.29, 0.717) is 11.1 Å². The van der Waals surface area contributed by atoms with Crippen molar-refractivity contribution in [3.63, 3.8) is 0 Å². The number of aliphatic carboxylic acids is 1. The molecule has 0 radical (unpaired) electrons. The first-order valence-electron chi connectivity index (χ1n) is 9.01. The van der Waals surface area contributed by atoms with E-state index in [4.69, 9.17) is 5.11 Å². The number of carbonyl (C=O) groups excluding carboxylic acids is 3. The summed E-state index contributed by atoms with van der Waals surface area (Å²) in [4.78, 5) is 48.7. The summed E-state index contributed by atoms with van der Waals surface area (Å²) in [6.45, 7) is 2.64. The third kappa shape index (κ3) is 3.94. The van der Waals surface area contributed by atoms with Crippen molar-refractivity contribution >= 4 is 23.4 Å². The maximum Gasteiger partial charge on any atom is 0.322 e. The molecule has 1 amide bonds. The van der Waals surface area contributed by atoms with Gasteiger partial charge in [0.05, 0.1) is 5.41 Å². The van der Waals surface area contributed by atoms with E-state index < -0.39 is 41.3 Å². The Labute approximate surface area is 167 Å². The Morgan fingerprint density at radius 1 is 1.03 bits per heavy atom. The molecule has 2 N–H and O–H groups in total. The van der Waals surface area contributed by atoms with Crippen molar-refractivity contribution in [3.8, 4) is 11.8 Å². The summed E-state index contributed by atoms with van der Waals surface area (Å²) >= 11 is 0. The smallest absolute Gasteiger partial charge is 0.322 e. The molecule has 0 saturated heterocycles. The molecule has 1 aliphatic rings. The minimum absolute atomic E-state index is 0.273. The van der Waals surface area contributed by atoms with Crippen molar-refractivity contribution in [1.82, 2.24) is 5.32 Å². The fourth-order valence-corrected chi connectivity index (χ4v) is 3.29. The molecule has 0 aliphatic heterocycles. The Balaban J connectivity index is 1.97. The molecule has 2 aromatic carbocycles. The number of Topliss-reactive ketones (excluding diaryl/α,β-unsaturated/α-hetero) is 2. The normalized spacial score (nSPS) is 17.0. The van der Waals surface area contributed by atoms with Crippen molar-refractivity contribution in [2.24, 2.45) is 5.92 Å². The van der Waals surface area contributed by atoms with Gasteiger partial charge in [0.15, 0.2) is 17.5 Å². The van der Waals surface area contributed by atoms with Crippen LogP contribution >= 0.6 is 0 Å². The maximum absolute atomic E-state index is 12.9. The van der Waals surface area contributed by atoms with Crippen LogP contribution in [-0.4, -0.2) is 35.1 Å². The summed E-state index contributed by atoms with van der Waals surface area (Å²) < 4.78 is 0. The summed E-state index contributed by atoms with van der Waals surface area (Å²) in [6.07, 6.45) is 0. The highest BCUT2D eigenvalue weighted by atomic mass is 16.4. The van der Waals surface area contributed by atoms with E-state index in [2.05, 4.69) is 17.2 Å². The summed E-state index contributed by atoms with van der Waals surface area (Å²) in [5.74, 6) is 1.16. The maximum atomic E-state index is 12.9. The molecule has 0 bridgehead atoms. The van der Waals surface area contributed by atoms with Crippen LogP contribution in [0.3, 0.4) is 0 Å². The van der Waals surface area contributed by atoms with Crippen molar-refractivity contribution < 1.29 is 24.3 Å². The average molecular weight is 389 g/mol. The fourth-order valence-electron chi connectivity index (χ4n) is 3.29. The molecule has 6 nitrogen and oxygen atoms in total. The van der Waals surface area contributed by atoms with E-state index in [0.717, 1.165) is 5.56 Å². The summed E-state index contributed by atoms with van der Waals surface area (Å²) in [7, 11) is 0. The number of nitrogens with one attached hydrogen (secondary N) is 1. The van der Waals surface area contributed by atoms with Crippen LogP contribution in [0.1, 0.15) is 40.9 Å². The lowest BCUT2D eigenvalue weighted by atomic mass is 9.66. The Hall–Kier alpha value is -3.72. The van der Waals surface area contributed by atoms with Crippen LogP contribution in [0.5, 0.6) is 0 Å². The van der Waals surface area contributed by atoms with Crippen LogP contribution in [0.4, 0.5) is 0 Å². The Kier molecular flexibility index (Phi) is 5.33. The van der Waals surface area contributed by atoms with Gasteiger partial charge in [-0.05, 0) is 49.7 Å². The monoisotopic (exact) mass is 389 g/mol. The van der Waals surface area contributed by atoms with Gasteiger partial charge in [-0.2, -0.15) is 0 Å². The highest BCUT2D eigenvalue weighted by molar-refractivity contribution is 6.29. The molecule has 2 aromatic rings. The minimum Gasteiger partial charge on any atom is -0.480 e. The summed E-state index contributed by atoms with van der Waals surface area (Å²) in [6, 6.07) is 14.4. The highest BCUT2D eigenvalue weighted by Crippen LogP contribution is 2.37. The van der Waals surface area contributed by atoms with Crippen LogP contribution in [0.25, 0.3) is 0 Å². The van der Waals surface area contributed by atoms with E-state index in [1.165, 1.54) is 0 Å². The number of amides is 1. The molecule has 29 heavy (non-hydrogen) atoms. The summed E-state index contributed by atoms with van der Waals surface area (Å²) in [5.41, 5.74) is 1.17. The van der Waals surface area contributed by atoms with E-state index in [9.17, 15) is 19.2 Å². The minimum atomic E-state index is -1.56. The number of rotatable bonds is 3. The van der Waals surface area contributed by atoms with Crippen molar-refractivity contribution in [3.05, 3.63) is 70.8 Å². The molecule has 0 aromatic heterocycles. The van der Waals surface area contributed by atoms with Gasteiger partial charge in [0.1, 0.15) is 6.54 Å². The molecule has 0 saturated carbocycles. The van der Waals surface area contributed by atoms with E-state index in [-0.39, 0.29) is 5.56 Å². The second-order valence-corrected chi connectivity index (χ2v) is 7.27. The van der Waals surface area contributed by atoms with Crippen LogP contribution in [-0.2, 0) is 19.8 Å². The SMILES string of the molecule is CC1(C)C(=O)C(C(=O)NCC(=O)O)C(=O)c2ccc(C#Cc3ccccc3)cc21. The van der Waals surface area contributed by atoms with Gasteiger partial charge in [-0.25, -0.2) is 0 Å². The zero-order chi connectivity index (χ0) is 21.2. The molecule has 1 aliphatic carbocycles. The van der Waals surface area contributed by atoms with Crippen molar-refractivity contribution in [2.45, 2.75) is 19.3 Å². The standard InChI is InChI=1S/C23H19NO5/c1-23(2)17-12-15(9-8-14-6-4-3-5-7-14)10-11-16(17)20(27)19(21(23)28)22(29)24-13-18(25)26/h3-7,10-12,19H,13H2,1-2H3,(H,24,29)(H,25,26). The molecule has 0 heterocycles. The van der Waals surface area contributed by atoms with Gasteiger partial charge in [0.2, 0.25) is 5.91 Å². The Morgan fingerprint density at radius 2 is 1.69 bits per heavy atom. The number of ketones is 2. The van der Waals surface area contributed by atoms with Crippen LogP contribution < -0.4 is 5.32 Å². The number of carbonyl (C=O) groups is 4. The molecule has 0 fully saturated rings. The average Bonchev–Trinajstić information content (AvgIpc) is 2.70. The number of hydrogen-bond donors (Lipinski definition) is 2. The molecule has 0 spiro atoms. The number of benzene rings is 2. The Morgan fingerprint density at radius 3 is 2.34 bits per heavy atom. The van der Waals surface area contributed by atoms with E-state index >= 15 is 0 Å². The first-order chi connectivity index (χ1) is 13.7. The Bertz CT molecular complexity index is 1070. The highest BCUT2D eigenvalue weighted by Gasteiger charge is 2.49. The molecule has 3 rings (SSSR count). The van der Waals surface area contributed by atoms with Gasteiger partial charge in [-0.1, -0.05) is 30.0 Å². The predicted molar refractivity (Wildman–Crippen MR) is 105 cm³/mol. The lowest BCUT2D eigenvalue weighted by Crippen LogP contribution is -2.51. The van der Waals surface area contributed by atoms with Gasteiger partial charge in [-0.3, -0.25) is 19.2 Å². The van der Waals surface area contributed by atoms with Gasteiger partial charge < -0.3 is 10.4 Å². The quantitative estimate of drug-likeness (QED) is 0.617. The fraction of sp³-hybridized carbons (Fsp3) is 0.217. The zero-order valence-corrected chi connectivity index (χ0v) is 16.0. The third-order valence-electron chi connectivity index (χ3n) is 4.90. The zero-order valence-electron chi connectivity index (χ0n) is 16.0. The molecule has 1 unspecified atom stereocenters. The first-order valence-corrected chi connectivity index (χ1v) is 9.01. The largest absolute Gasteiger partial charge is 0.480 e. The number of fused-ring (bicyclic) bond motifs is 1. The number of hydrogen-bond acceptors (Lipinski definition) is 4. The van der Waals surface area contributed by atoms with E-state index in [1.54, 1.807) is 32.0 Å². The van der Waals surface area contributed by atoms with Gasteiger partial charge in [0.25, 0.3) is 0 Å². The second-order valence-electron chi connectivity index (χ2n) is 7.27. The molecular weight excluding hydrogens is 370 g/mol. The first kappa shape index (κ1) is 20.0. The number of carboxylic acid groups (broad SMARTS) is 1. The molecule has 1 atom stereocenters. The van der Waals surface area contributed by atoms with Crippen molar-refractivity contribution in [2.75, 3.05) is 6.54 Å². The van der Waals surface area contributed by atoms with Crippen LogP contribution in [0.2, 0.25) is 0 Å². The lowest BCUT2D eigenvalue weighted by Gasteiger charge is -2.34.